The van der Waals surface area contributed by atoms with Gasteiger partial charge in [0, 0.05) is 19.3 Å². The van der Waals surface area contributed by atoms with Crippen LogP contribution in [0.1, 0.15) is 367 Å². The highest BCUT2D eigenvalue weighted by Crippen LogP contribution is 2.18. The SMILES string of the molecule is CCCCCCCCCCCCCCCCCCCCCCCCCCCCC(=O)OCC(COC(=O)CCCCCCCCCCCCCC)OC(=O)CCCCCCCCCCCCCCC. The van der Waals surface area contributed by atoms with Crippen LogP contribution in [-0.4, -0.2) is 37.2 Å². The second-order valence-electron chi connectivity index (χ2n) is 21.7. The zero-order chi connectivity index (χ0) is 50.0. The lowest BCUT2D eigenvalue weighted by Crippen LogP contribution is -2.30. The van der Waals surface area contributed by atoms with Crippen LogP contribution in [0, 0.1) is 0 Å². The van der Waals surface area contributed by atoms with E-state index in [-0.39, 0.29) is 31.1 Å². The molecular weight excluding hydrogens is 853 g/mol. The van der Waals surface area contributed by atoms with Gasteiger partial charge in [-0.1, -0.05) is 329 Å². The summed E-state index contributed by atoms with van der Waals surface area (Å²) in [6.45, 7) is 6.71. The Kier molecular flexibility index (Phi) is 57.6. The molecule has 1 atom stereocenters. The molecule has 69 heavy (non-hydrogen) atoms. The second kappa shape index (κ2) is 59.0. The van der Waals surface area contributed by atoms with E-state index in [9.17, 15) is 14.4 Å². The first-order valence-corrected chi connectivity index (χ1v) is 31.5. The number of rotatable bonds is 59. The molecule has 0 aromatic carbocycles. The van der Waals surface area contributed by atoms with E-state index in [0.717, 1.165) is 57.8 Å². The summed E-state index contributed by atoms with van der Waals surface area (Å²) in [4.78, 5) is 38.1. The predicted molar refractivity (Wildman–Crippen MR) is 298 cm³/mol. The van der Waals surface area contributed by atoms with Crippen molar-refractivity contribution in [2.24, 2.45) is 0 Å². The summed E-state index contributed by atoms with van der Waals surface area (Å²) >= 11 is 0. The molecule has 6 nitrogen and oxygen atoms in total. The first-order chi connectivity index (χ1) is 34.0. The van der Waals surface area contributed by atoms with Crippen molar-refractivity contribution in [2.75, 3.05) is 13.2 Å². The minimum atomic E-state index is -0.761. The summed E-state index contributed by atoms with van der Waals surface area (Å²) < 4.78 is 16.9. The molecule has 0 fully saturated rings. The van der Waals surface area contributed by atoms with Gasteiger partial charge in [-0.05, 0) is 19.3 Å². The van der Waals surface area contributed by atoms with Crippen LogP contribution in [-0.2, 0) is 28.6 Å². The number of hydrogen-bond acceptors (Lipinski definition) is 6. The van der Waals surface area contributed by atoms with Crippen molar-refractivity contribution in [3.05, 3.63) is 0 Å². The van der Waals surface area contributed by atoms with E-state index in [4.69, 9.17) is 14.2 Å². The highest BCUT2D eigenvalue weighted by atomic mass is 16.6. The van der Waals surface area contributed by atoms with E-state index in [1.807, 2.05) is 0 Å². The standard InChI is InChI=1S/C63H122O6/c1-4-7-10-13-16-19-22-25-26-27-28-29-30-31-32-33-34-35-36-37-39-41-44-47-50-53-56-62(65)68-59-60(58-67-61(64)55-52-49-46-43-40-24-21-18-15-12-9-6-3)69-63(66)57-54-51-48-45-42-38-23-20-17-14-11-8-5-2/h60H,4-59H2,1-3H3. The Morgan fingerprint density at radius 2 is 0.391 bits per heavy atom. The molecule has 410 valence electrons. The average molecular weight is 976 g/mol. The van der Waals surface area contributed by atoms with Crippen molar-refractivity contribution in [1.82, 2.24) is 0 Å². The average Bonchev–Trinajstić information content (AvgIpc) is 3.35. The fraction of sp³-hybridized carbons (Fsp3) is 0.952. The lowest BCUT2D eigenvalue weighted by molar-refractivity contribution is -0.167. The fourth-order valence-electron chi connectivity index (χ4n) is 9.86. The minimum absolute atomic E-state index is 0.0610. The van der Waals surface area contributed by atoms with Gasteiger partial charge in [-0.25, -0.2) is 0 Å². The first-order valence-electron chi connectivity index (χ1n) is 31.5. The van der Waals surface area contributed by atoms with Gasteiger partial charge in [-0.3, -0.25) is 14.4 Å². The van der Waals surface area contributed by atoms with Gasteiger partial charge < -0.3 is 14.2 Å². The van der Waals surface area contributed by atoms with Crippen LogP contribution in [0.15, 0.2) is 0 Å². The van der Waals surface area contributed by atoms with E-state index >= 15 is 0 Å². The Morgan fingerprint density at radius 3 is 0.580 bits per heavy atom. The molecule has 0 bridgehead atoms. The zero-order valence-corrected chi connectivity index (χ0v) is 47.1. The smallest absolute Gasteiger partial charge is 0.306 e. The molecule has 0 spiro atoms. The summed E-state index contributed by atoms with van der Waals surface area (Å²) in [6, 6.07) is 0. The van der Waals surface area contributed by atoms with Gasteiger partial charge in [0.2, 0.25) is 0 Å². The normalized spacial score (nSPS) is 11.9. The van der Waals surface area contributed by atoms with Crippen LogP contribution >= 0.6 is 0 Å². The Morgan fingerprint density at radius 1 is 0.232 bits per heavy atom. The molecule has 0 aliphatic rings. The number of ether oxygens (including phenoxy) is 3. The topological polar surface area (TPSA) is 78.9 Å². The maximum atomic E-state index is 12.8. The van der Waals surface area contributed by atoms with E-state index < -0.39 is 6.10 Å². The molecule has 0 amide bonds. The summed E-state index contributed by atoms with van der Waals surface area (Å²) in [7, 11) is 0. The van der Waals surface area contributed by atoms with Crippen LogP contribution in [0.5, 0.6) is 0 Å². The minimum Gasteiger partial charge on any atom is -0.462 e. The third-order valence-corrected chi connectivity index (χ3v) is 14.6. The molecule has 1 unspecified atom stereocenters. The lowest BCUT2D eigenvalue weighted by atomic mass is 10.0. The first kappa shape index (κ1) is 67.4. The van der Waals surface area contributed by atoms with Crippen LogP contribution in [0.3, 0.4) is 0 Å². The molecule has 0 rings (SSSR count). The molecule has 0 aliphatic carbocycles. The van der Waals surface area contributed by atoms with Crippen molar-refractivity contribution >= 4 is 17.9 Å². The molecule has 0 N–H and O–H groups in total. The number of hydrogen-bond donors (Lipinski definition) is 0. The maximum Gasteiger partial charge on any atom is 0.306 e. The quantitative estimate of drug-likeness (QED) is 0.0343. The number of unbranched alkanes of at least 4 members (excludes halogenated alkanes) is 48. The van der Waals surface area contributed by atoms with Gasteiger partial charge in [-0.15, -0.1) is 0 Å². The van der Waals surface area contributed by atoms with Gasteiger partial charge >= 0.3 is 17.9 Å². The van der Waals surface area contributed by atoms with Crippen LogP contribution in [0.2, 0.25) is 0 Å². The highest BCUT2D eigenvalue weighted by molar-refractivity contribution is 5.71. The van der Waals surface area contributed by atoms with Crippen LogP contribution in [0.25, 0.3) is 0 Å². The summed E-state index contributed by atoms with van der Waals surface area (Å²) in [5.41, 5.74) is 0. The molecule has 0 saturated heterocycles. The molecule has 6 heteroatoms. The largest absolute Gasteiger partial charge is 0.462 e. The van der Waals surface area contributed by atoms with Gasteiger partial charge in [0.25, 0.3) is 0 Å². The zero-order valence-electron chi connectivity index (χ0n) is 47.1. The fourth-order valence-corrected chi connectivity index (χ4v) is 9.86. The van der Waals surface area contributed by atoms with Crippen molar-refractivity contribution in [2.45, 2.75) is 374 Å². The third kappa shape index (κ3) is 57.2. The Hall–Kier alpha value is -1.59. The van der Waals surface area contributed by atoms with E-state index in [1.54, 1.807) is 0 Å². The van der Waals surface area contributed by atoms with Crippen molar-refractivity contribution in [1.29, 1.82) is 0 Å². The van der Waals surface area contributed by atoms with Gasteiger partial charge in [0.05, 0.1) is 0 Å². The van der Waals surface area contributed by atoms with Crippen molar-refractivity contribution < 1.29 is 28.6 Å². The van der Waals surface area contributed by atoms with Crippen LogP contribution in [0.4, 0.5) is 0 Å². The molecule has 0 aromatic rings. The van der Waals surface area contributed by atoms with Gasteiger partial charge in [0.1, 0.15) is 13.2 Å². The maximum absolute atomic E-state index is 12.8. The lowest BCUT2D eigenvalue weighted by Gasteiger charge is -2.18. The summed E-state index contributed by atoms with van der Waals surface area (Å²) in [6.07, 6.45) is 66.9. The summed E-state index contributed by atoms with van der Waals surface area (Å²) in [5.74, 6) is -0.831. The van der Waals surface area contributed by atoms with Crippen molar-refractivity contribution in [3.8, 4) is 0 Å². The number of esters is 3. The highest BCUT2D eigenvalue weighted by Gasteiger charge is 2.19. The second-order valence-corrected chi connectivity index (χ2v) is 21.7. The number of carbonyl (C=O) groups excluding carboxylic acids is 3. The molecule has 0 radical (unpaired) electrons. The van der Waals surface area contributed by atoms with E-state index in [2.05, 4.69) is 20.8 Å². The van der Waals surface area contributed by atoms with Gasteiger partial charge in [-0.2, -0.15) is 0 Å². The van der Waals surface area contributed by atoms with Gasteiger partial charge in [0.15, 0.2) is 6.10 Å². The molecule has 0 aromatic heterocycles. The summed E-state index contributed by atoms with van der Waals surface area (Å²) in [5, 5.41) is 0. The Labute approximate surface area is 431 Å². The molecular formula is C63H122O6. The molecule has 0 aliphatic heterocycles. The van der Waals surface area contributed by atoms with Crippen molar-refractivity contribution in [3.63, 3.8) is 0 Å². The Balaban J connectivity index is 4.12. The van der Waals surface area contributed by atoms with Crippen LogP contribution < -0.4 is 0 Å². The monoisotopic (exact) mass is 975 g/mol. The predicted octanol–water partition coefficient (Wildman–Crippen LogP) is 21.1. The molecule has 0 saturated carbocycles. The van der Waals surface area contributed by atoms with E-state index in [0.29, 0.717) is 19.3 Å². The third-order valence-electron chi connectivity index (χ3n) is 14.6. The molecule has 0 heterocycles. The number of carbonyl (C=O) groups is 3. The van der Waals surface area contributed by atoms with E-state index in [1.165, 1.54) is 270 Å². The Bertz CT molecular complexity index is 1030.